The normalized spacial score (nSPS) is 15.8. The highest BCUT2D eigenvalue weighted by Gasteiger charge is 2.18. The minimum absolute atomic E-state index is 0.00840. The van der Waals surface area contributed by atoms with E-state index in [1.165, 1.54) is 24.6 Å². The monoisotopic (exact) mass is 399 g/mol. The molecule has 0 aliphatic heterocycles. The van der Waals surface area contributed by atoms with Crippen molar-refractivity contribution in [2.24, 2.45) is 5.14 Å². The number of furan rings is 1. The highest BCUT2D eigenvalue weighted by molar-refractivity contribution is 7.89. The van der Waals surface area contributed by atoms with E-state index in [-0.39, 0.29) is 16.5 Å². The Bertz CT molecular complexity index is 1020. The van der Waals surface area contributed by atoms with Gasteiger partial charge < -0.3 is 9.73 Å². The summed E-state index contributed by atoms with van der Waals surface area (Å²) in [5.74, 6) is 0.447. The molecule has 1 aromatic carbocycles. The van der Waals surface area contributed by atoms with Crippen LogP contribution in [0.15, 0.2) is 51.3 Å². The fourth-order valence-electron chi connectivity index (χ4n) is 3.20. The smallest absolute Gasteiger partial charge is 0.262 e. The molecule has 0 saturated heterocycles. The van der Waals surface area contributed by atoms with E-state index in [4.69, 9.17) is 9.56 Å². The molecule has 0 spiro atoms. The Kier molecular flexibility index (Phi) is 5.97. The van der Waals surface area contributed by atoms with Crippen LogP contribution < -0.4 is 10.5 Å². The molecule has 1 fully saturated rings. The topological polar surface area (TPSA) is 126 Å². The summed E-state index contributed by atoms with van der Waals surface area (Å²) >= 11 is 0. The van der Waals surface area contributed by atoms with E-state index < -0.39 is 15.9 Å². The molecule has 3 N–H and O–H groups in total. The molecule has 1 aliphatic rings. The Labute approximate surface area is 163 Å². The molecule has 1 aromatic heterocycles. The summed E-state index contributed by atoms with van der Waals surface area (Å²) in [5, 5.41) is 17.3. The van der Waals surface area contributed by atoms with Crippen molar-refractivity contribution in [1.82, 2.24) is 5.32 Å². The van der Waals surface area contributed by atoms with E-state index >= 15 is 0 Å². The van der Waals surface area contributed by atoms with Crippen molar-refractivity contribution in [3.8, 4) is 17.4 Å². The number of hydrogen-bond acceptors (Lipinski definition) is 5. The highest BCUT2D eigenvalue weighted by Crippen LogP contribution is 2.25. The second-order valence-electron chi connectivity index (χ2n) is 6.75. The van der Waals surface area contributed by atoms with Gasteiger partial charge in [0, 0.05) is 17.7 Å². The van der Waals surface area contributed by atoms with Gasteiger partial charge in [0.15, 0.2) is 0 Å². The lowest BCUT2D eigenvalue weighted by atomic mass is 9.95. The first-order valence-corrected chi connectivity index (χ1v) is 10.6. The SMILES string of the molecule is N#CC(=Cc1ccc(-c2ccc(S(N)(=O)=O)cc2)o1)C(=O)NC1CCCCC1. The van der Waals surface area contributed by atoms with Crippen LogP contribution in [0.3, 0.4) is 0 Å². The number of primary sulfonamides is 1. The van der Waals surface area contributed by atoms with Gasteiger partial charge >= 0.3 is 0 Å². The summed E-state index contributed by atoms with van der Waals surface area (Å²) in [6, 6.07) is 11.3. The maximum absolute atomic E-state index is 12.3. The molecule has 1 amide bonds. The molecule has 7 nitrogen and oxygen atoms in total. The van der Waals surface area contributed by atoms with Crippen molar-refractivity contribution in [2.45, 2.75) is 43.0 Å². The number of carbonyl (C=O) groups is 1. The number of amides is 1. The fraction of sp³-hybridized carbons (Fsp3) is 0.300. The highest BCUT2D eigenvalue weighted by atomic mass is 32.2. The first-order chi connectivity index (χ1) is 13.4. The van der Waals surface area contributed by atoms with Crippen LogP contribution in [0.5, 0.6) is 0 Å². The molecule has 0 bridgehead atoms. The summed E-state index contributed by atoms with van der Waals surface area (Å²) in [6.45, 7) is 0. The maximum Gasteiger partial charge on any atom is 0.262 e. The lowest BCUT2D eigenvalue weighted by Crippen LogP contribution is -2.36. The summed E-state index contributed by atoms with van der Waals surface area (Å²) in [4.78, 5) is 12.4. The van der Waals surface area contributed by atoms with Crippen LogP contribution in [0.4, 0.5) is 0 Å². The number of sulfonamides is 1. The van der Waals surface area contributed by atoms with Gasteiger partial charge in [-0.25, -0.2) is 13.6 Å². The molecule has 3 rings (SSSR count). The Morgan fingerprint density at radius 1 is 1.14 bits per heavy atom. The van der Waals surface area contributed by atoms with Crippen molar-refractivity contribution < 1.29 is 17.6 Å². The van der Waals surface area contributed by atoms with Gasteiger partial charge in [-0.2, -0.15) is 5.26 Å². The molecule has 1 aliphatic carbocycles. The van der Waals surface area contributed by atoms with Crippen LogP contribution >= 0.6 is 0 Å². The van der Waals surface area contributed by atoms with E-state index in [0.29, 0.717) is 17.1 Å². The molecule has 0 radical (unpaired) electrons. The van der Waals surface area contributed by atoms with Gasteiger partial charge in [0.05, 0.1) is 4.90 Å². The summed E-state index contributed by atoms with van der Waals surface area (Å²) in [7, 11) is -3.76. The Hall–Kier alpha value is -2.89. The van der Waals surface area contributed by atoms with Gasteiger partial charge in [0.25, 0.3) is 5.91 Å². The number of hydrogen-bond donors (Lipinski definition) is 2. The van der Waals surface area contributed by atoms with Crippen molar-refractivity contribution in [1.29, 1.82) is 5.26 Å². The number of carbonyl (C=O) groups excluding carboxylic acids is 1. The second kappa shape index (κ2) is 8.42. The lowest BCUT2D eigenvalue weighted by molar-refractivity contribution is -0.117. The zero-order valence-corrected chi connectivity index (χ0v) is 16.0. The number of rotatable bonds is 5. The third-order valence-corrected chi connectivity index (χ3v) is 5.62. The minimum atomic E-state index is -3.76. The first-order valence-electron chi connectivity index (χ1n) is 9.02. The first kappa shape index (κ1) is 19.9. The van der Waals surface area contributed by atoms with Crippen LogP contribution in [0.2, 0.25) is 0 Å². The zero-order chi connectivity index (χ0) is 20.1. The van der Waals surface area contributed by atoms with Crippen LogP contribution in [0, 0.1) is 11.3 Å². The molecule has 1 saturated carbocycles. The third-order valence-electron chi connectivity index (χ3n) is 4.69. The Morgan fingerprint density at radius 3 is 2.43 bits per heavy atom. The van der Waals surface area contributed by atoms with Crippen LogP contribution in [-0.4, -0.2) is 20.4 Å². The third kappa shape index (κ3) is 4.88. The Balaban J connectivity index is 1.74. The lowest BCUT2D eigenvalue weighted by Gasteiger charge is -2.22. The summed E-state index contributed by atoms with van der Waals surface area (Å²) in [5.41, 5.74) is 0.633. The molecular formula is C20H21N3O4S. The molecule has 1 heterocycles. The molecule has 0 atom stereocenters. The quantitative estimate of drug-likeness (QED) is 0.590. The van der Waals surface area contributed by atoms with Crippen molar-refractivity contribution >= 4 is 22.0 Å². The largest absolute Gasteiger partial charge is 0.457 e. The van der Waals surface area contributed by atoms with Crippen molar-refractivity contribution in [3.05, 3.63) is 47.7 Å². The van der Waals surface area contributed by atoms with Gasteiger partial charge in [0.1, 0.15) is 23.2 Å². The van der Waals surface area contributed by atoms with E-state index in [9.17, 15) is 18.5 Å². The van der Waals surface area contributed by atoms with Crippen LogP contribution in [-0.2, 0) is 14.8 Å². The average molecular weight is 399 g/mol. The number of nitriles is 1. The maximum atomic E-state index is 12.3. The molecule has 146 valence electrons. The van der Waals surface area contributed by atoms with E-state index in [2.05, 4.69) is 5.32 Å². The number of nitrogens with one attached hydrogen (secondary N) is 1. The number of nitrogens with zero attached hydrogens (tertiary/aromatic N) is 1. The minimum Gasteiger partial charge on any atom is -0.457 e. The number of nitrogens with two attached hydrogens (primary N) is 1. The van der Waals surface area contributed by atoms with Gasteiger partial charge in [0.2, 0.25) is 10.0 Å². The van der Waals surface area contributed by atoms with Gasteiger partial charge in [-0.05, 0) is 49.2 Å². The summed E-state index contributed by atoms with van der Waals surface area (Å²) < 4.78 is 28.3. The van der Waals surface area contributed by atoms with Gasteiger partial charge in [-0.1, -0.05) is 19.3 Å². The fourth-order valence-corrected chi connectivity index (χ4v) is 3.71. The van der Waals surface area contributed by atoms with Crippen LogP contribution in [0.1, 0.15) is 37.9 Å². The molecule has 28 heavy (non-hydrogen) atoms. The predicted octanol–water partition coefficient (Wildman–Crippen LogP) is 2.95. The van der Waals surface area contributed by atoms with E-state index in [1.807, 2.05) is 6.07 Å². The standard InChI is InChI=1S/C20H21N3O4S/c21-13-15(20(24)23-16-4-2-1-3-5-16)12-17-8-11-19(27-17)14-6-9-18(10-7-14)28(22,25)26/h6-12,16H,1-5H2,(H,23,24)(H2,22,25,26). The molecule has 8 heteroatoms. The second-order valence-corrected chi connectivity index (χ2v) is 8.31. The van der Waals surface area contributed by atoms with E-state index in [1.54, 1.807) is 24.3 Å². The predicted molar refractivity (Wildman–Crippen MR) is 104 cm³/mol. The molecular weight excluding hydrogens is 378 g/mol. The van der Waals surface area contributed by atoms with E-state index in [0.717, 1.165) is 25.7 Å². The molecule has 0 unspecified atom stereocenters. The van der Waals surface area contributed by atoms with Gasteiger partial charge in [-0.15, -0.1) is 0 Å². The van der Waals surface area contributed by atoms with Gasteiger partial charge in [-0.3, -0.25) is 4.79 Å². The van der Waals surface area contributed by atoms with Crippen molar-refractivity contribution in [2.75, 3.05) is 0 Å². The zero-order valence-electron chi connectivity index (χ0n) is 15.2. The average Bonchev–Trinajstić information content (AvgIpc) is 3.15. The van der Waals surface area contributed by atoms with Crippen LogP contribution in [0.25, 0.3) is 17.4 Å². The Morgan fingerprint density at radius 2 is 1.82 bits per heavy atom. The van der Waals surface area contributed by atoms with Crippen molar-refractivity contribution in [3.63, 3.8) is 0 Å². The molecule has 2 aromatic rings. The summed E-state index contributed by atoms with van der Waals surface area (Å²) in [6.07, 6.45) is 6.62. The number of benzene rings is 1.